The summed E-state index contributed by atoms with van der Waals surface area (Å²) in [6.45, 7) is 3.42. The number of nitrogens with zero attached hydrogens (tertiary/aromatic N) is 2. The van der Waals surface area contributed by atoms with Gasteiger partial charge in [-0.3, -0.25) is 10.7 Å². The van der Waals surface area contributed by atoms with Crippen LogP contribution in [0, 0.1) is 0 Å². The van der Waals surface area contributed by atoms with E-state index in [9.17, 15) is 0 Å². The molecule has 1 aromatic heterocycles. The Kier molecular flexibility index (Phi) is 4.42. The molecule has 1 aromatic carbocycles. The lowest BCUT2D eigenvalue weighted by Gasteiger charge is -2.27. The van der Waals surface area contributed by atoms with Gasteiger partial charge >= 0.3 is 0 Å². The zero-order chi connectivity index (χ0) is 16.4. The Morgan fingerprint density at radius 3 is 2.67 bits per heavy atom. The van der Waals surface area contributed by atoms with E-state index in [0.717, 1.165) is 62.6 Å². The van der Waals surface area contributed by atoms with Crippen LogP contribution in [0.5, 0.6) is 0 Å². The van der Waals surface area contributed by atoms with E-state index in [-0.39, 0.29) is 0 Å². The molecular weight excluding hydrogens is 304 g/mol. The van der Waals surface area contributed by atoms with Crippen molar-refractivity contribution in [3.63, 3.8) is 0 Å². The summed E-state index contributed by atoms with van der Waals surface area (Å²) < 4.78 is 5.52. The summed E-state index contributed by atoms with van der Waals surface area (Å²) in [6.07, 6.45) is 3.06. The maximum absolute atomic E-state index is 8.97. The number of rotatable bonds is 3. The molecule has 1 fully saturated rings. The maximum Gasteiger partial charge on any atom is 0.159 e. The van der Waals surface area contributed by atoms with E-state index >= 15 is 0 Å². The van der Waals surface area contributed by atoms with Gasteiger partial charge < -0.3 is 10.1 Å². The lowest BCUT2D eigenvalue weighted by atomic mass is 9.89. The van der Waals surface area contributed by atoms with Gasteiger partial charge in [-0.05, 0) is 55.6 Å². The minimum atomic E-state index is 0.464. The second-order valence-corrected chi connectivity index (χ2v) is 6.36. The van der Waals surface area contributed by atoms with E-state index < -0.39 is 0 Å². The predicted octanol–water partition coefficient (Wildman–Crippen LogP) is 2.48. The fourth-order valence-corrected chi connectivity index (χ4v) is 3.52. The van der Waals surface area contributed by atoms with Crippen molar-refractivity contribution in [1.29, 1.82) is 0 Å². The van der Waals surface area contributed by atoms with E-state index in [0.29, 0.717) is 11.6 Å². The monoisotopic (exact) mass is 326 g/mol. The molecule has 24 heavy (non-hydrogen) atoms. The molecule has 0 saturated carbocycles. The molecule has 1 saturated heterocycles. The number of benzene rings is 1. The van der Waals surface area contributed by atoms with Gasteiger partial charge in [-0.25, -0.2) is 9.97 Å². The number of ether oxygens (including phenoxy) is 1. The van der Waals surface area contributed by atoms with E-state index in [4.69, 9.17) is 19.9 Å². The molecule has 2 aliphatic rings. The molecule has 0 spiro atoms. The molecule has 0 aliphatic carbocycles. The normalized spacial score (nSPS) is 18.2. The highest BCUT2D eigenvalue weighted by Crippen LogP contribution is 2.32. The van der Waals surface area contributed by atoms with E-state index in [1.165, 1.54) is 11.3 Å². The van der Waals surface area contributed by atoms with Crippen molar-refractivity contribution in [1.82, 2.24) is 15.3 Å². The summed E-state index contributed by atoms with van der Waals surface area (Å²) in [5.74, 6) is 1.23. The SMILES string of the molecule is ONc1ccc(-c2nc3c(c(C4CCOCC4)n2)CCNC3)cc1. The van der Waals surface area contributed by atoms with Gasteiger partial charge in [0.15, 0.2) is 5.82 Å². The van der Waals surface area contributed by atoms with Crippen molar-refractivity contribution in [3.05, 3.63) is 41.2 Å². The summed E-state index contributed by atoms with van der Waals surface area (Å²) in [7, 11) is 0. The fraction of sp³-hybridized carbons (Fsp3) is 0.444. The molecule has 2 aliphatic heterocycles. The minimum absolute atomic E-state index is 0.464. The molecule has 4 rings (SSSR count). The Morgan fingerprint density at radius 2 is 1.92 bits per heavy atom. The van der Waals surface area contributed by atoms with Gasteiger partial charge in [0.2, 0.25) is 0 Å². The van der Waals surface area contributed by atoms with Gasteiger partial charge in [-0.15, -0.1) is 0 Å². The Bertz CT molecular complexity index is 712. The van der Waals surface area contributed by atoms with E-state index in [2.05, 4.69) is 10.8 Å². The van der Waals surface area contributed by atoms with Crippen molar-refractivity contribution in [2.45, 2.75) is 31.7 Å². The molecule has 6 nitrogen and oxygen atoms in total. The van der Waals surface area contributed by atoms with E-state index in [1.807, 2.05) is 24.3 Å². The van der Waals surface area contributed by atoms with Gasteiger partial charge in [0.05, 0.1) is 17.1 Å². The Labute approximate surface area is 141 Å². The number of hydrogen-bond donors (Lipinski definition) is 3. The van der Waals surface area contributed by atoms with Gasteiger partial charge in [0, 0.05) is 31.2 Å². The first-order valence-electron chi connectivity index (χ1n) is 8.54. The summed E-state index contributed by atoms with van der Waals surface area (Å²) >= 11 is 0. The molecule has 6 heteroatoms. The van der Waals surface area contributed by atoms with Crippen LogP contribution < -0.4 is 10.8 Å². The van der Waals surface area contributed by atoms with Crippen LogP contribution in [0.15, 0.2) is 24.3 Å². The second-order valence-electron chi connectivity index (χ2n) is 6.36. The molecule has 0 radical (unpaired) electrons. The number of aromatic nitrogens is 2. The Morgan fingerprint density at radius 1 is 1.12 bits per heavy atom. The topological polar surface area (TPSA) is 79.3 Å². The first kappa shape index (κ1) is 15.5. The third kappa shape index (κ3) is 3.00. The van der Waals surface area contributed by atoms with Crippen LogP contribution in [-0.4, -0.2) is 34.9 Å². The molecule has 126 valence electrons. The van der Waals surface area contributed by atoms with Gasteiger partial charge in [-0.2, -0.15) is 0 Å². The maximum atomic E-state index is 8.97. The molecule has 0 bridgehead atoms. The summed E-state index contributed by atoms with van der Waals surface area (Å²) in [6, 6.07) is 7.52. The summed E-state index contributed by atoms with van der Waals surface area (Å²) in [5, 5.41) is 12.4. The third-order valence-corrected chi connectivity index (χ3v) is 4.85. The second kappa shape index (κ2) is 6.84. The zero-order valence-corrected chi connectivity index (χ0v) is 13.6. The van der Waals surface area contributed by atoms with Crippen molar-refractivity contribution >= 4 is 5.69 Å². The average molecular weight is 326 g/mol. The minimum Gasteiger partial charge on any atom is -0.381 e. The molecule has 2 aromatic rings. The van der Waals surface area contributed by atoms with Crippen LogP contribution in [0.2, 0.25) is 0 Å². The molecule has 0 amide bonds. The number of fused-ring (bicyclic) bond motifs is 1. The van der Waals surface area contributed by atoms with Crippen molar-refractivity contribution in [2.24, 2.45) is 0 Å². The molecule has 3 N–H and O–H groups in total. The van der Waals surface area contributed by atoms with Crippen LogP contribution in [0.25, 0.3) is 11.4 Å². The number of anilines is 1. The van der Waals surface area contributed by atoms with E-state index in [1.54, 1.807) is 0 Å². The van der Waals surface area contributed by atoms with Crippen LogP contribution in [0.1, 0.15) is 35.7 Å². The smallest absolute Gasteiger partial charge is 0.159 e. The molecule has 0 atom stereocenters. The molecule has 3 heterocycles. The van der Waals surface area contributed by atoms with Crippen LogP contribution in [0.4, 0.5) is 5.69 Å². The highest BCUT2D eigenvalue weighted by molar-refractivity contribution is 5.60. The summed E-state index contributed by atoms with van der Waals surface area (Å²) in [4.78, 5) is 9.76. The average Bonchev–Trinajstić information content (AvgIpc) is 2.68. The predicted molar refractivity (Wildman–Crippen MR) is 91.1 cm³/mol. The Balaban J connectivity index is 1.76. The molecule has 0 unspecified atom stereocenters. The Hall–Kier alpha value is -2.02. The first-order chi connectivity index (χ1) is 11.8. The van der Waals surface area contributed by atoms with Crippen molar-refractivity contribution < 1.29 is 9.94 Å². The number of hydrogen-bond acceptors (Lipinski definition) is 6. The van der Waals surface area contributed by atoms with Crippen LogP contribution in [0.3, 0.4) is 0 Å². The highest BCUT2D eigenvalue weighted by Gasteiger charge is 2.25. The quantitative estimate of drug-likeness (QED) is 0.752. The number of nitrogens with one attached hydrogen (secondary N) is 2. The fourth-order valence-electron chi connectivity index (χ4n) is 3.52. The highest BCUT2D eigenvalue weighted by atomic mass is 16.5. The van der Waals surface area contributed by atoms with Gasteiger partial charge in [-0.1, -0.05) is 0 Å². The largest absolute Gasteiger partial charge is 0.381 e. The first-order valence-corrected chi connectivity index (χ1v) is 8.54. The van der Waals surface area contributed by atoms with Crippen LogP contribution >= 0.6 is 0 Å². The standard InChI is InChI=1S/C18H22N4O2/c23-22-14-3-1-13(2-4-14)18-20-16-11-19-8-5-15(16)17(21-18)12-6-9-24-10-7-12/h1-4,12,19,22-23H,5-11H2. The zero-order valence-electron chi connectivity index (χ0n) is 13.6. The third-order valence-electron chi connectivity index (χ3n) is 4.85. The lowest BCUT2D eigenvalue weighted by molar-refractivity contribution is 0.0842. The van der Waals surface area contributed by atoms with Crippen LogP contribution in [-0.2, 0) is 17.7 Å². The molecular formula is C18H22N4O2. The van der Waals surface area contributed by atoms with Gasteiger partial charge in [0.1, 0.15) is 0 Å². The summed E-state index contributed by atoms with van der Waals surface area (Å²) in [5.41, 5.74) is 7.44. The van der Waals surface area contributed by atoms with Crippen molar-refractivity contribution in [3.8, 4) is 11.4 Å². The van der Waals surface area contributed by atoms with Gasteiger partial charge in [0.25, 0.3) is 0 Å². The lowest BCUT2D eigenvalue weighted by Crippen LogP contribution is -2.28. The van der Waals surface area contributed by atoms with Crippen molar-refractivity contribution in [2.75, 3.05) is 25.2 Å².